The van der Waals surface area contributed by atoms with Crippen molar-refractivity contribution in [3.63, 3.8) is 0 Å². The lowest BCUT2D eigenvalue weighted by Crippen LogP contribution is -2.25. The topological polar surface area (TPSA) is 34.1 Å². The molecule has 86 valence electrons. The zero-order valence-electron chi connectivity index (χ0n) is 9.22. The van der Waals surface area contributed by atoms with Crippen LogP contribution in [0.2, 0.25) is 0 Å². The van der Waals surface area contributed by atoms with E-state index in [0.717, 1.165) is 18.4 Å². The second kappa shape index (κ2) is 5.39. The Morgan fingerprint density at radius 2 is 2.00 bits per heavy atom. The van der Waals surface area contributed by atoms with E-state index in [1.807, 2.05) is 30.3 Å². The highest BCUT2D eigenvalue weighted by atomic mass is 32.2. The van der Waals surface area contributed by atoms with Crippen LogP contribution in [0.3, 0.4) is 0 Å². The molecule has 0 bridgehead atoms. The van der Waals surface area contributed by atoms with E-state index in [1.165, 1.54) is 0 Å². The SMILES string of the molecule is O=C1CCCC(S(=O)Cc2ccccc2)C1. The summed E-state index contributed by atoms with van der Waals surface area (Å²) in [6.45, 7) is 0. The molecule has 0 aromatic heterocycles. The first-order chi connectivity index (χ1) is 7.75. The normalized spacial score (nSPS) is 23.0. The minimum atomic E-state index is -0.899. The van der Waals surface area contributed by atoms with Crippen LogP contribution < -0.4 is 0 Å². The summed E-state index contributed by atoms with van der Waals surface area (Å²) < 4.78 is 12.1. The molecule has 2 nitrogen and oxygen atoms in total. The van der Waals surface area contributed by atoms with Crippen molar-refractivity contribution in [1.82, 2.24) is 0 Å². The molecule has 1 fully saturated rings. The molecular formula is C13H16O2S. The van der Waals surface area contributed by atoms with Gasteiger partial charge in [-0.2, -0.15) is 0 Å². The quantitative estimate of drug-likeness (QED) is 0.808. The molecule has 2 unspecified atom stereocenters. The van der Waals surface area contributed by atoms with E-state index in [0.29, 0.717) is 18.6 Å². The lowest BCUT2D eigenvalue weighted by Gasteiger charge is -2.20. The molecule has 2 atom stereocenters. The van der Waals surface area contributed by atoms with Gasteiger partial charge in [-0.1, -0.05) is 30.3 Å². The smallest absolute Gasteiger partial charge is 0.134 e. The Hall–Kier alpha value is -0.960. The van der Waals surface area contributed by atoms with E-state index in [9.17, 15) is 9.00 Å². The molecule has 0 heterocycles. The molecule has 2 rings (SSSR count). The third kappa shape index (κ3) is 3.01. The molecule has 0 N–H and O–H groups in total. The maximum Gasteiger partial charge on any atom is 0.134 e. The van der Waals surface area contributed by atoms with E-state index in [-0.39, 0.29) is 11.0 Å². The molecule has 1 aromatic rings. The summed E-state index contributed by atoms with van der Waals surface area (Å²) in [5, 5.41) is 0.0847. The molecule has 1 saturated carbocycles. The van der Waals surface area contributed by atoms with Crippen LogP contribution in [-0.2, 0) is 21.3 Å². The minimum Gasteiger partial charge on any atom is -0.300 e. The van der Waals surface area contributed by atoms with E-state index >= 15 is 0 Å². The fourth-order valence-electron chi connectivity index (χ4n) is 2.07. The number of hydrogen-bond acceptors (Lipinski definition) is 2. The summed E-state index contributed by atoms with van der Waals surface area (Å²) in [5.74, 6) is 0.858. The van der Waals surface area contributed by atoms with Gasteiger partial charge in [0, 0.05) is 34.6 Å². The number of rotatable bonds is 3. The average Bonchev–Trinajstić information content (AvgIpc) is 2.30. The van der Waals surface area contributed by atoms with Gasteiger partial charge in [-0.05, 0) is 18.4 Å². The van der Waals surface area contributed by atoms with Gasteiger partial charge in [-0.3, -0.25) is 9.00 Å². The molecule has 3 heteroatoms. The van der Waals surface area contributed by atoms with E-state index < -0.39 is 10.8 Å². The van der Waals surface area contributed by atoms with Crippen molar-refractivity contribution in [2.24, 2.45) is 0 Å². The Morgan fingerprint density at radius 3 is 2.69 bits per heavy atom. The summed E-state index contributed by atoms with van der Waals surface area (Å²) in [6, 6.07) is 9.85. The maximum atomic E-state index is 12.1. The molecule has 1 aliphatic carbocycles. The highest BCUT2D eigenvalue weighted by molar-refractivity contribution is 7.84. The minimum absolute atomic E-state index is 0.0847. The third-order valence-corrected chi connectivity index (χ3v) is 4.72. The zero-order chi connectivity index (χ0) is 11.4. The van der Waals surface area contributed by atoms with Crippen molar-refractivity contribution in [2.75, 3.05) is 0 Å². The number of ketones is 1. The Bertz CT molecular complexity index is 386. The van der Waals surface area contributed by atoms with Gasteiger partial charge < -0.3 is 0 Å². The first-order valence-electron chi connectivity index (χ1n) is 5.68. The molecule has 0 amide bonds. The largest absolute Gasteiger partial charge is 0.300 e. The molecule has 16 heavy (non-hydrogen) atoms. The molecule has 0 spiro atoms. The first-order valence-corrected chi connectivity index (χ1v) is 7.07. The number of carbonyl (C=O) groups excluding carboxylic acids is 1. The maximum absolute atomic E-state index is 12.1. The standard InChI is InChI=1S/C13H16O2S/c14-12-7-4-8-13(9-12)16(15)10-11-5-2-1-3-6-11/h1-3,5-6,13H,4,7-10H2. The summed E-state index contributed by atoms with van der Waals surface area (Å²) in [7, 11) is -0.899. The van der Waals surface area contributed by atoms with Crippen molar-refractivity contribution in [2.45, 2.75) is 36.7 Å². The lowest BCUT2D eigenvalue weighted by atomic mass is 9.99. The lowest BCUT2D eigenvalue weighted by molar-refractivity contribution is -0.120. The Kier molecular flexibility index (Phi) is 3.88. The van der Waals surface area contributed by atoms with Crippen LogP contribution in [-0.4, -0.2) is 15.2 Å². The molecule has 1 aromatic carbocycles. The number of benzene rings is 1. The Morgan fingerprint density at radius 1 is 1.25 bits per heavy atom. The Balaban J connectivity index is 1.95. The van der Waals surface area contributed by atoms with Crippen LogP contribution in [0.1, 0.15) is 31.2 Å². The molecule has 1 aliphatic rings. The van der Waals surface area contributed by atoms with Gasteiger partial charge in [0.1, 0.15) is 5.78 Å². The van der Waals surface area contributed by atoms with E-state index in [1.54, 1.807) is 0 Å². The number of Topliss-reactive ketones (excluding diaryl/α,β-unsaturated/α-hetero) is 1. The van der Waals surface area contributed by atoms with Crippen LogP contribution in [0, 0.1) is 0 Å². The first kappa shape index (κ1) is 11.5. The van der Waals surface area contributed by atoms with Crippen molar-refractivity contribution in [1.29, 1.82) is 0 Å². The van der Waals surface area contributed by atoms with Gasteiger partial charge in [0.15, 0.2) is 0 Å². The summed E-state index contributed by atoms with van der Waals surface area (Å²) in [6.07, 6.45) is 3.04. The summed E-state index contributed by atoms with van der Waals surface area (Å²) in [5.41, 5.74) is 1.10. The number of hydrogen-bond donors (Lipinski definition) is 0. The fraction of sp³-hybridized carbons (Fsp3) is 0.462. The number of carbonyl (C=O) groups is 1. The second-order valence-corrected chi connectivity index (χ2v) is 5.98. The van der Waals surface area contributed by atoms with Crippen molar-refractivity contribution >= 4 is 16.6 Å². The summed E-state index contributed by atoms with van der Waals surface area (Å²) >= 11 is 0. The van der Waals surface area contributed by atoms with Crippen molar-refractivity contribution < 1.29 is 9.00 Å². The van der Waals surface area contributed by atoms with Gasteiger partial charge in [0.05, 0.1) is 0 Å². The fourth-order valence-corrected chi connectivity index (χ4v) is 3.62. The van der Waals surface area contributed by atoms with E-state index in [2.05, 4.69) is 0 Å². The average molecular weight is 236 g/mol. The molecular weight excluding hydrogens is 220 g/mol. The predicted molar refractivity (Wildman–Crippen MR) is 65.6 cm³/mol. The third-order valence-electron chi connectivity index (χ3n) is 2.96. The predicted octanol–water partition coefficient (Wildman–Crippen LogP) is 2.45. The van der Waals surface area contributed by atoms with Crippen LogP contribution >= 0.6 is 0 Å². The highest BCUT2D eigenvalue weighted by Crippen LogP contribution is 2.21. The van der Waals surface area contributed by atoms with Gasteiger partial charge in [0.2, 0.25) is 0 Å². The summed E-state index contributed by atoms with van der Waals surface area (Å²) in [4.78, 5) is 11.3. The van der Waals surface area contributed by atoms with Crippen LogP contribution in [0.25, 0.3) is 0 Å². The van der Waals surface area contributed by atoms with Crippen LogP contribution in [0.4, 0.5) is 0 Å². The zero-order valence-corrected chi connectivity index (χ0v) is 10.0. The van der Waals surface area contributed by atoms with Crippen LogP contribution in [0.15, 0.2) is 30.3 Å². The highest BCUT2D eigenvalue weighted by Gasteiger charge is 2.24. The van der Waals surface area contributed by atoms with Crippen LogP contribution in [0.5, 0.6) is 0 Å². The van der Waals surface area contributed by atoms with Gasteiger partial charge in [0.25, 0.3) is 0 Å². The molecule has 0 saturated heterocycles. The Labute approximate surface area is 98.5 Å². The van der Waals surface area contributed by atoms with E-state index in [4.69, 9.17) is 0 Å². The molecule has 0 radical (unpaired) electrons. The van der Waals surface area contributed by atoms with Gasteiger partial charge in [-0.25, -0.2) is 0 Å². The van der Waals surface area contributed by atoms with Crippen molar-refractivity contribution in [3.05, 3.63) is 35.9 Å². The monoisotopic (exact) mass is 236 g/mol. The molecule has 0 aliphatic heterocycles. The van der Waals surface area contributed by atoms with Gasteiger partial charge in [-0.15, -0.1) is 0 Å². The van der Waals surface area contributed by atoms with Gasteiger partial charge >= 0.3 is 0 Å². The van der Waals surface area contributed by atoms with Crippen molar-refractivity contribution in [3.8, 4) is 0 Å². The second-order valence-electron chi connectivity index (χ2n) is 4.27.